The van der Waals surface area contributed by atoms with Crippen LogP contribution in [0.5, 0.6) is 0 Å². The molecular weight excluding hydrogens is 905 g/mol. The van der Waals surface area contributed by atoms with Gasteiger partial charge < -0.3 is 64.2 Å². The van der Waals surface area contributed by atoms with Gasteiger partial charge in [-0.25, -0.2) is 4.79 Å². The van der Waals surface area contributed by atoms with Crippen molar-refractivity contribution in [2.45, 2.75) is 147 Å². The fraction of sp³-hybridized carbons (Fsp3) is 0.644. The molecule has 1 aliphatic rings. The molecule has 14 N–H and O–H groups in total. The zero-order valence-electron chi connectivity index (χ0n) is 39.6. The molecule has 380 valence electrons. The average molecular weight is 977 g/mol. The number of carboxylic acids is 2. The van der Waals surface area contributed by atoms with Crippen molar-refractivity contribution < 1.29 is 58.2 Å². The first-order valence-electron chi connectivity index (χ1n) is 23.0. The molecule has 23 heteroatoms. The van der Waals surface area contributed by atoms with E-state index in [0.717, 1.165) is 10.5 Å². The average Bonchev–Trinajstić information content (AvgIpc) is 3.80. The summed E-state index contributed by atoms with van der Waals surface area (Å²) in [6, 6.07) is -1.65. The number of carboxylic acid groups (broad SMARTS) is 2. The fourth-order valence-corrected chi connectivity index (χ4v) is 7.96. The predicted octanol–water partition coefficient (Wildman–Crippen LogP) is -1.13. The summed E-state index contributed by atoms with van der Waals surface area (Å²) in [4.78, 5) is 134. The topological polar surface area (TPSA) is 365 Å². The maximum absolute atomic E-state index is 14.2. The van der Waals surface area contributed by atoms with Crippen molar-refractivity contribution in [2.24, 2.45) is 29.0 Å². The monoisotopic (exact) mass is 977 g/mol. The number of carbonyl (C=O) groups is 10. The lowest BCUT2D eigenvalue weighted by molar-refractivity contribution is -0.145. The standard InChI is InChI=1S/C45H72N10O12S/c1-6-25(3)36(43(64)54-37(45(66)67)26(4)7-2)53-41(62)31(24-35(57)58)51-40(61)30(18-21-68-5)50-42(63)33-17-13-20-55(33)44(65)32(23-34(48)56)52-39(60)29(16-11-12-19-46)49-38(59)28(47)22-27-14-9-8-10-15-27/h8-10,14-15,25-26,28-33,36-37H,6-7,11-13,16-24,46-47H2,1-5H3,(H2,48,56)(H,49,59)(H,50,63)(H,51,61)(H,52,60)(H,53,62)(H,54,64)(H,57,58)(H,66,67)/t25-,26-,28-,29-,30-,31-,32-,33-,36-,37-/m0/s1. The number of rotatable bonds is 31. The zero-order chi connectivity index (χ0) is 51.1. The third-order valence-corrected chi connectivity index (χ3v) is 12.5. The third-order valence-electron chi connectivity index (χ3n) is 11.9. The summed E-state index contributed by atoms with van der Waals surface area (Å²) < 4.78 is 0. The van der Waals surface area contributed by atoms with E-state index in [9.17, 15) is 58.2 Å². The highest BCUT2D eigenvalue weighted by atomic mass is 32.2. The van der Waals surface area contributed by atoms with E-state index >= 15 is 0 Å². The Hall–Kier alpha value is -5.81. The Morgan fingerprint density at radius 1 is 0.721 bits per heavy atom. The number of hydrogen-bond donors (Lipinski definition) is 11. The number of nitrogens with two attached hydrogens (primary N) is 3. The number of hydrogen-bond acceptors (Lipinski definition) is 13. The summed E-state index contributed by atoms with van der Waals surface area (Å²) in [6.45, 7) is 7.09. The van der Waals surface area contributed by atoms with Crippen molar-refractivity contribution in [1.82, 2.24) is 36.8 Å². The number of unbranched alkanes of at least 4 members (excludes halogenated alkanes) is 1. The fourth-order valence-electron chi connectivity index (χ4n) is 7.49. The zero-order valence-corrected chi connectivity index (χ0v) is 40.4. The van der Waals surface area contributed by atoms with E-state index in [1.54, 1.807) is 58.2 Å². The summed E-state index contributed by atoms with van der Waals surface area (Å²) in [5, 5.41) is 34.6. The molecule has 0 aromatic heterocycles. The summed E-state index contributed by atoms with van der Waals surface area (Å²) in [5.74, 6) is -10.3. The van der Waals surface area contributed by atoms with Gasteiger partial charge in [-0.15, -0.1) is 0 Å². The first-order chi connectivity index (χ1) is 32.2. The van der Waals surface area contributed by atoms with Crippen LogP contribution in [0.3, 0.4) is 0 Å². The van der Waals surface area contributed by atoms with Crippen molar-refractivity contribution >= 4 is 71.0 Å². The van der Waals surface area contributed by atoms with Crippen LogP contribution in [-0.2, 0) is 54.4 Å². The second-order valence-electron chi connectivity index (χ2n) is 17.1. The lowest BCUT2D eigenvalue weighted by Gasteiger charge is -2.31. The molecule has 0 bridgehead atoms. The van der Waals surface area contributed by atoms with E-state index in [2.05, 4.69) is 31.9 Å². The SMILES string of the molecule is CC[C@H](C)[C@H](NC(=O)[C@@H](NC(=O)[C@H](CC(=O)O)NC(=O)[C@H](CCSC)NC(=O)[C@@H]1CCCN1C(=O)[C@H](CC(N)=O)NC(=O)[C@H](CCCCN)NC(=O)[C@@H](N)Cc1ccccc1)[C@@H](C)CC)C(=O)O. The molecule has 1 saturated heterocycles. The van der Waals surface area contributed by atoms with Crippen LogP contribution in [0, 0.1) is 11.8 Å². The normalized spacial score (nSPS) is 17.3. The Labute approximate surface area is 401 Å². The van der Waals surface area contributed by atoms with Gasteiger partial charge >= 0.3 is 11.9 Å². The minimum atomic E-state index is -1.75. The van der Waals surface area contributed by atoms with Crippen LogP contribution in [0.2, 0.25) is 0 Å². The minimum absolute atomic E-state index is 0.00245. The van der Waals surface area contributed by atoms with Crippen molar-refractivity contribution in [1.29, 1.82) is 0 Å². The number of aliphatic carboxylic acids is 2. The van der Waals surface area contributed by atoms with Crippen molar-refractivity contribution in [2.75, 3.05) is 25.1 Å². The molecule has 1 aromatic rings. The molecule has 1 heterocycles. The van der Waals surface area contributed by atoms with Gasteiger partial charge in [-0.1, -0.05) is 70.9 Å². The number of carbonyl (C=O) groups excluding carboxylic acids is 8. The molecule has 0 aliphatic carbocycles. The molecular formula is C45H72N10O12S. The molecule has 10 atom stereocenters. The predicted molar refractivity (Wildman–Crippen MR) is 253 cm³/mol. The number of thioether (sulfide) groups is 1. The maximum atomic E-state index is 14.2. The molecule has 8 amide bonds. The van der Waals surface area contributed by atoms with E-state index in [4.69, 9.17) is 17.2 Å². The van der Waals surface area contributed by atoms with Crippen molar-refractivity contribution in [3.8, 4) is 0 Å². The lowest BCUT2D eigenvalue weighted by atomic mass is 9.95. The summed E-state index contributed by atoms with van der Waals surface area (Å²) in [7, 11) is 0. The van der Waals surface area contributed by atoms with Crippen LogP contribution in [0.15, 0.2) is 30.3 Å². The number of likely N-dealkylation sites (tertiary alicyclic amines) is 1. The van der Waals surface area contributed by atoms with Crippen molar-refractivity contribution in [3.05, 3.63) is 35.9 Å². The summed E-state index contributed by atoms with van der Waals surface area (Å²) in [5.41, 5.74) is 18.2. The Morgan fingerprint density at radius 3 is 1.84 bits per heavy atom. The third kappa shape index (κ3) is 19.1. The first kappa shape index (κ1) is 58.3. The van der Waals surface area contributed by atoms with Gasteiger partial charge in [-0.2, -0.15) is 11.8 Å². The Bertz CT molecular complexity index is 1890. The summed E-state index contributed by atoms with van der Waals surface area (Å²) in [6.07, 6.45) is 2.60. The van der Waals surface area contributed by atoms with Crippen molar-refractivity contribution in [3.63, 3.8) is 0 Å². The van der Waals surface area contributed by atoms with Gasteiger partial charge in [0.15, 0.2) is 0 Å². The number of primary amides is 1. The van der Waals surface area contributed by atoms with E-state index in [1.165, 1.54) is 11.8 Å². The number of nitrogens with one attached hydrogen (secondary N) is 6. The highest BCUT2D eigenvalue weighted by molar-refractivity contribution is 7.98. The molecule has 68 heavy (non-hydrogen) atoms. The van der Waals surface area contributed by atoms with E-state index in [0.29, 0.717) is 44.4 Å². The number of benzene rings is 1. The molecule has 22 nitrogen and oxygen atoms in total. The molecule has 1 fully saturated rings. The van der Waals surface area contributed by atoms with E-state index < -0.39 is 132 Å². The maximum Gasteiger partial charge on any atom is 0.326 e. The van der Waals surface area contributed by atoms with Gasteiger partial charge in [-0.05, 0) is 80.9 Å². The molecule has 0 unspecified atom stereocenters. The number of nitrogens with zero attached hydrogens (tertiary/aromatic N) is 1. The second-order valence-corrected chi connectivity index (χ2v) is 18.1. The highest BCUT2D eigenvalue weighted by Gasteiger charge is 2.41. The van der Waals surface area contributed by atoms with Gasteiger partial charge in [0.2, 0.25) is 47.3 Å². The lowest BCUT2D eigenvalue weighted by Crippen LogP contribution is -2.61. The molecule has 0 saturated carbocycles. The molecule has 1 aromatic carbocycles. The van der Waals surface area contributed by atoms with Gasteiger partial charge in [-0.3, -0.25) is 43.2 Å². The molecule has 1 aliphatic heterocycles. The molecule has 0 radical (unpaired) electrons. The van der Waals surface area contributed by atoms with Crippen LogP contribution in [0.1, 0.15) is 97.5 Å². The number of amides is 8. The second kappa shape index (κ2) is 29.8. The van der Waals surface area contributed by atoms with Gasteiger partial charge in [0.1, 0.15) is 42.3 Å². The van der Waals surface area contributed by atoms with Crippen LogP contribution in [0.4, 0.5) is 0 Å². The summed E-state index contributed by atoms with van der Waals surface area (Å²) >= 11 is 1.33. The highest BCUT2D eigenvalue weighted by Crippen LogP contribution is 2.21. The van der Waals surface area contributed by atoms with Gasteiger partial charge in [0.25, 0.3) is 0 Å². The molecule has 2 rings (SSSR count). The Kier molecular flexibility index (Phi) is 25.6. The smallest absolute Gasteiger partial charge is 0.326 e. The quantitative estimate of drug-likeness (QED) is 0.0392. The van der Waals surface area contributed by atoms with Gasteiger partial charge in [0.05, 0.1) is 18.9 Å². The van der Waals surface area contributed by atoms with E-state index in [1.807, 2.05) is 6.07 Å². The van der Waals surface area contributed by atoms with Crippen LogP contribution >= 0.6 is 11.8 Å². The van der Waals surface area contributed by atoms with E-state index in [-0.39, 0.29) is 32.2 Å². The first-order valence-corrected chi connectivity index (χ1v) is 24.4. The largest absolute Gasteiger partial charge is 0.481 e. The van der Waals surface area contributed by atoms with Crippen LogP contribution < -0.4 is 49.1 Å². The Balaban J connectivity index is 2.32. The van der Waals surface area contributed by atoms with Crippen LogP contribution in [-0.4, -0.2) is 148 Å². The van der Waals surface area contributed by atoms with Gasteiger partial charge in [0, 0.05) is 6.54 Å². The minimum Gasteiger partial charge on any atom is -0.481 e. The molecule has 0 spiro atoms. The Morgan fingerprint density at radius 2 is 1.28 bits per heavy atom. The van der Waals surface area contributed by atoms with Crippen LogP contribution in [0.25, 0.3) is 0 Å².